The molecular weight excluding hydrogens is 428 g/mol. The first-order valence-corrected chi connectivity index (χ1v) is 10.7. The number of anilines is 2. The van der Waals surface area contributed by atoms with Crippen LogP contribution in [0, 0.1) is 0 Å². The molecule has 0 aromatic heterocycles. The van der Waals surface area contributed by atoms with Gasteiger partial charge in [0, 0.05) is 17.8 Å². The highest BCUT2D eigenvalue weighted by molar-refractivity contribution is 7.92. The Balaban J connectivity index is 1.72. The van der Waals surface area contributed by atoms with E-state index in [1.807, 2.05) is 6.07 Å². The summed E-state index contributed by atoms with van der Waals surface area (Å²) in [5.41, 5.74) is 1.04. The van der Waals surface area contributed by atoms with Crippen molar-refractivity contribution in [1.82, 2.24) is 0 Å². The van der Waals surface area contributed by atoms with Crippen molar-refractivity contribution >= 4 is 38.9 Å². The Morgan fingerprint density at radius 1 is 1.03 bits per heavy atom. The Morgan fingerprint density at radius 2 is 1.80 bits per heavy atom. The molecule has 0 unspecified atom stereocenters. The van der Waals surface area contributed by atoms with Crippen molar-refractivity contribution in [2.24, 2.45) is 0 Å². The van der Waals surface area contributed by atoms with Crippen LogP contribution in [0.5, 0.6) is 17.2 Å². The molecule has 30 heavy (non-hydrogen) atoms. The number of sulfonamides is 1. The first-order chi connectivity index (χ1) is 14.3. The van der Waals surface area contributed by atoms with E-state index in [1.165, 1.54) is 42.3 Å². The van der Waals surface area contributed by atoms with Crippen LogP contribution in [-0.4, -0.2) is 28.5 Å². The predicted molar refractivity (Wildman–Crippen MR) is 115 cm³/mol. The SMILES string of the molecule is COc1ccc(Cl)cc1S(=O)(=O)Nc1ccc2c(c1)C(=O)N(C)c1ccccc1O2. The van der Waals surface area contributed by atoms with Crippen molar-refractivity contribution in [3.8, 4) is 17.2 Å². The van der Waals surface area contributed by atoms with Crippen molar-refractivity contribution < 1.29 is 22.7 Å². The summed E-state index contributed by atoms with van der Waals surface area (Å²) in [6.45, 7) is 0. The first kappa shape index (κ1) is 20.1. The summed E-state index contributed by atoms with van der Waals surface area (Å²) in [5.74, 6) is 0.691. The van der Waals surface area contributed by atoms with Gasteiger partial charge in [0.15, 0.2) is 5.75 Å². The summed E-state index contributed by atoms with van der Waals surface area (Å²) in [5, 5.41) is 0.251. The standard InChI is InChI=1S/C21H17ClN2O5S/c1-24-16-5-3-4-6-18(16)29-17-10-8-14(12-15(17)21(24)25)23-30(26,27)20-11-13(22)7-9-19(20)28-2/h3-12,23H,1-2H3. The smallest absolute Gasteiger partial charge is 0.265 e. The number of amides is 1. The van der Waals surface area contributed by atoms with Crippen LogP contribution >= 0.6 is 11.6 Å². The normalized spacial score (nSPS) is 13.0. The zero-order chi connectivity index (χ0) is 21.5. The number of hydrogen-bond acceptors (Lipinski definition) is 5. The van der Waals surface area contributed by atoms with Crippen LogP contribution in [0.2, 0.25) is 5.02 Å². The van der Waals surface area contributed by atoms with E-state index in [9.17, 15) is 13.2 Å². The highest BCUT2D eigenvalue weighted by Crippen LogP contribution is 2.39. The van der Waals surface area contributed by atoms with Crippen molar-refractivity contribution in [1.29, 1.82) is 0 Å². The van der Waals surface area contributed by atoms with Gasteiger partial charge in [0.2, 0.25) is 0 Å². The minimum absolute atomic E-state index is 0.112. The largest absolute Gasteiger partial charge is 0.495 e. The molecule has 1 aliphatic rings. The molecule has 1 aliphatic heterocycles. The zero-order valence-corrected chi connectivity index (χ0v) is 17.6. The summed E-state index contributed by atoms with van der Waals surface area (Å²) in [6, 6.07) is 16.0. The fraction of sp³-hybridized carbons (Fsp3) is 0.0952. The molecule has 0 atom stereocenters. The minimum atomic E-state index is -4.02. The molecule has 9 heteroatoms. The van der Waals surface area contributed by atoms with Gasteiger partial charge in [-0.1, -0.05) is 23.7 Å². The topological polar surface area (TPSA) is 84.9 Å². The minimum Gasteiger partial charge on any atom is -0.495 e. The zero-order valence-electron chi connectivity index (χ0n) is 16.0. The van der Waals surface area contributed by atoms with Crippen molar-refractivity contribution in [2.45, 2.75) is 4.90 Å². The third kappa shape index (κ3) is 3.55. The molecule has 0 saturated heterocycles. The molecule has 1 amide bonds. The molecule has 7 nitrogen and oxygen atoms in total. The first-order valence-electron chi connectivity index (χ1n) is 8.85. The number of halogens is 1. The number of para-hydroxylation sites is 2. The molecule has 0 radical (unpaired) electrons. The van der Waals surface area contributed by atoms with E-state index in [-0.39, 0.29) is 32.8 Å². The highest BCUT2D eigenvalue weighted by atomic mass is 35.5. The van der Waals surface area contributed by atoms with Gasteiger partial charge >= 0.3 is 0 Å². The van der Waals surface area contributed by atoms with Crippen LogP contribution in [-0.2, 0) is 10.0 Å². The lowest BCUT2D eigenvalue weighted by molar-refractivity contribution is 0.0993. The second kappa shape index (κ2) is 7.55. The monoisotopic (exact) mass is 444 g/mol. The molecule has 3 aromatic carbocycles. The quantitative estimate of drug-likeness (QED) is 0.639. The van der Waals surface area contributed by atoms with Crippen LogP contribution in [0.4, 0.5) is 11.4 Å². The Hall–Kier alpha value is -3.23. The lowest BCUT2D eigenvalue weighted by atomic mass is 10.1. The van der Waals surface area contributed by atoms with Gasteiger partial charge in [-0.25, -0.2) is 8.42 Å². The van der Waals surface area contributed by atoms with Crippen molar-refractivity contribution in [3.63, 3.8) is 0 Å². The van der Waals surface area contributed by atoms with E-state index in [1.54, 1.807) is 31.3 Å². The summed E-state index contributed by atoms with van der Waals surface area (Å²) in [6.07, 6.45) is 0. The summed E-state index contributed by atoms with van der Waals surface area (Å²) in [4.78, 5) is 14.3. The number of rotatable bonds is 4. The predicted octanol–water partition coefficient (Wildman–Crippen LogP) is 4.53. The Kier molecular flexibility index (Phi) is 5.05. The van der Waals surface area contributed by atoms with E-state index in [0.29, 0.717) is 17.2 Å². The van der Waals surface area contributed by atoms with Gasteiger partial charge in [0.1, 0.15) is 16.4 Å². The number of carbonyl (C=O) groups is 1. The average Bonchev–Trinajstić information content (AvgIpc) is 2.83. The maximum atomic E-state index is 13.0. The van der Waals surface area contributed by atoms with Gasteiger partial charge in [-0.3, -0.25) is 9.52 Å². The summed E-state index contributed by atoms with van der Waals surface area (Å²) >= 11 is 5.96. The fourth-order valence-corrected chi connectivity index (χ4v) is 4.63. The molecular formula is C21H17ClN2O5S. The third-order valence-electron chi connectivity index (χ3n) is 4.63. The van der Waals surface area contributed by atoms with E-state index in [2.05, 4.69) is 4.72 Å². The van der Waals surface area contributed by atoms with Crippen LogP contribution in [0.15, 0.2) is 65.6 Å². The third-order valence-corrected chi connectivity index (χ3v) is 6.27. The van der Waals surface area contributed by atoms with Gasteiger partial charge in [-0.2, -0.15) is 0 Å². The average molecular weight is 445 g/mol. The van der Waals surface area contributed by atoms with Gasteiger partial charge in [0.25, 0.3) is 15.9 Å². The van der Waals surface area contributed by atoms with Gasteiger partial charge in [-0.15, -0.1) is 0 Å². The van der Waals surface area contributed by atoms with Crippen molar-refractivity contribution in [3.05, 3.63) is 71.2 Å². The molecule has 1 N–H and O–H groups in total. The number of methoxy groups -OCH3 is 1. The Bertz CT molecular complexity index is 1260. The van der Waals surface area contributed by atoms with Gasteiger partial charge < -0.3 is 14.4 Å². The number of ether oxygens (including phenoxy) is 2. The number of fused-ring (bicyclic) bond motifs is 2. The highest BCUT2D eigenvalue weighted by Gasteiger charge is 2.27. The fourth-order valence-electron chi connectivity index (χ4n) is 3.15. The molecule has 0 fully saturated rings. The Labute approximate surface area is 178 Å². The van der Waals surface area contributed by atoms with E-state index in [0.717, 1.165) is 0 Å². The van der Waals surface area contributed by atoms with Crippen LogP contribution in [0.1, 0.15) is 10.4 Å². The second-order valence-electron chi connectivity index (χ2n) is 6.55. The molecule has 4 rings (SSSR count). The maximum Gasteiger partial charge on any atom is 0.265 e. The van der Waals surface area contributed by atoms with E-state index in [4.69, 9.17) is 21.1 Å². The van der Waals surface area contributed by atoms with E-state index < -0.39 is 10.0 Å². The molecule has 0 aliphatic carbocycles. The van der Waals surface area contributed by atoms with E-state index >= 15 is 0 Å². The van der Waals surface area contributed by atoms with Crippen LogP contribution in [0.3, 0.4) is 0 Å². The number of carbonyl (C=O) groups excluding carboxylic acids is 1. The second-order valence-corrected chi connectivity index (χ2v) is 8.63. The number of nitrogens with one attached hydrogen (secondary N) is 1. The lowest BCUT2D eigenvalue weighted by Gasteiger charge is -2.16. The molecule has 0 spiro atoms. The molecule has 3 aromatic rings. The molecule has 1 heterocycles. The maximum absolute atomic E-state index is 13.0. The molecule has 0 bridgehead atoms. The van der Waals surface area contributed by atoms with Gasteiger partial charge in [0.05, 0.1) is 18.4 Å². The van der Waals surface area contributed by atoms with Gasteiger partial charge in [-0.05, 0) is 48.5 Å². The number of hydrogen-bond donors (Lipinski definition) is 1. The Morgan fingerprint density at radius 3 is 2.57 bits per heavy atom. The molecule has 154 valence electrons. The van der Waals surface area contributed by atoms with Crippen molar-refractivity contribution in [2.75, 3.05) is 23.8 Å². The van der Waals surface area contributed by atoms with Crippen LogP contribution < -0.4 is 19.1 Å². The van der Waals surface area contributed by atoms with Crippen LogP contribution in [0.25, 0.3) is 0 Å². The lowest BCUT2D eigenvalue weighted by Crippen LogP contribution is -2.25. The summed E-state index contributed by atoms with van der Waals surface area (Å²) < 4.78 is 39.3. The molecule has 0 saturated carbocycles. The summed E-state index contributed by atoms with van der Waals surface area (Å²) in [7, 11) is -1.02. The number of benzene rings is 3. The number of nitrogens with zero attached hydrogens (tertiary/aromatic N) is 1.